The van der Waals surface area contributed by atoms with E-state index in [9.17, 15) is 18.3 Å². The number of carboxylic acid groups (broad SMARTS) is 1. The number of rotatable bonds is 6. The van der Waals surface area contributed by atoms with Gasteiger partial charge in [-0.3, -0.25) is 4.79 Å². The third-order valence-electron chi connectivity index (χ3n) is 3.61. The van der Waals surface area contributed by atoms with Crippen molar-refractivity contribution in [3.8, 4) is 6.07 Å². The second-order valence-electron chi connectivity index (χ2n) is 4.53. The zero-order valence-electron chi connectivity index (χ0n) is 11.5. The van der Waals surface area contributed by atoms with Crippen molar-refractivity contribution < 1.29 is 18.3 Å². The smallest absolute Gasteiger partial charge is 0.325 e. The topological polar surface area (TPSA) is 95.2 Å². The molecule has 6 heteroatoms. The van der Waals surface area contributed by atoms with Crippen molar-refractivity contribution in [2.45, 2.75) is 37.2 Å². The van der Waals surface area contributed by atoms with Gasteiger partial charge in [-0.25, -0.2) is 8.42 Å². The van der Waals surface area contributed by atoms with E-state index in [0.717, 1.165) is 0 Å². The normalized spacial score (nSPS) is 11.8. The van der Waals surface area contributed by atoms with Crippen LogP contribution in [0.5, 0.6) is 0 Å². The van der Waals surface area contributed by atoms with Gasteiger partial charge in [-0.15, -0.1) is 0 Å². The molecule has 1 rings (SSSR count). The molecule has 0 saturated heterocycles. The molecule has 1 aromatic carbocycles. The van der Waals surface area contributed by atoms with Gasteiger partial charge in [-0.05, 0) is 24.5 Å². The molecule has 0 bridgehead atoms. The van der Waals surface area contributed by atoms with Crippen LogP contribution in [0.4, 0.5) is 0 Å². The number of nitriles is 1. The van der Waals surface area contributed by atoms with Gasteiger partial charge in [-0.2, -0.15) is 5.26 Å². The molecule has 0 atom stereocenters. The van der Waals surface area contributed by atoms with Gasteiger partial charge >= 0.3 is 5.97 Å². The minimum Gasteiger partial charge on any atom is -0.480 e. The highest BCUT2D eigenvalue weighted by Crippen LogP contribution is 2.30. The van der Waals surface area contributed by atoms with Gasteiger partial charge in [0, 0.05) is 0 Å². The molecule has 0 fully saturated rings. The molecule has 0 aliphatic heterocycles. The fourth-order valence-corrected chi connectivity index (χ4v) is 4.31. The lowest BCUT2D eigenvalue weighted by atomic mass is 10.0. The minimum absolute atomic E-state index is 0.00408. The van der Waals surface area contributed by atoms with E-state index in [4.69, 9.17) is 5.26 Å². The van der Waals surface area contributed by atoms with Crippen LogP contribution in [-0.2, 0) is 20.4 Å². The van der Waals surface area contributed by atoms with E-state index in [1.165, 1.54) is 12.1 Å². The van der Waals surface area contributed by atoms with E-state index >= 15 is 0 Å². The lowest BCUT2D eigenvalue weighted by molar-refractivity contribution is -0.140. The van der Waals surface area contributed by atoms with Gasteiger partial charge in [0.1, 0.15) is 0 Å². The predicted octanol–water partition coefficient (Wildman–Crippen LogP) is 2.12. The number of carboxylic acids is 1. The van der Waals surface area contributed by atoms with Crippen molar-refractivity contribution >= 4 is 15.8 Å². The standard InChI is InChI=1S/C14H17NO4S/c1-3-14(4-2,13(16)17)20(18,19)10-12-8-6-5-7-11(12)9-15/h5-8H,3-4,10H2,1-2H3,(H,16,17). The van der Waals surface area contributed by atoms with Crippen LogP contribution < -0.4 is 0 Å². The van der Waals surface area contributed by atoms with Gasteiger partial charge in [0.05, 0.1) is 17.4 Å². The molecule has 0 radical (unpaired) electrons. The fourth-order valence-electron chi connectivity index (χ4n) is 2.22. The maximum Gasteiger partial charge on any atom is 0.325 e. The van der Waals surface area contributed by atoms with Crippen LogP contribution in [0.1, 0.15) is 37.8 Å². The van der Waals surface area contributed by atoms with Crippen LogP contribution >= 0.6 is 0 Å². The van der Waals surface area contributed by atoms with Gasteiger partial charge < -0.3 is 5.11 Å². The molecule has 0 saturated carbocycles. The molecule has 20 heavy (non-hydrogen) atoms. The number of hydrogen-bond donors (Lipinski definition) is 1. The summed E-state index contributed by atoms with van der Waals surface area (Å²) in [4.78, 5) is 11.4. The van der Waals surface area contributed by atoms with Crippen LogP contribution in [0, 0.1) is 11.3 Å². The Morgan fingerprint density at radius 2 is 1.85 bits per heavy atom. The summed E-state index contributed by atoms with van der Waals surface area (Å²) in [5.74, 6) is -1.78. The van der Waals surface area contributed by atoms with Crippen LogP contribution in [0.15, 0.2) is 24.3 Å². The Morgan fingerprint density at radius 3 is 2.30 bits per heavy atom. The summed E-state index contributed by atoms with van der Waals surface area (Å²) in [6, 6.07) is 8.25. The molecule has 0 unspecified atom stereocenters. The number of aliphatic carboxylic acids is 1. The molecular formula is C14H17NO4S. The van der Waals surface area contributed by atoms with Crippen LogP contribution in [0.2, 0.25) is 0 Å². The SMILES string of the molecule is CCC(CC)(C(=O)O)S(=O)(=O)Cc1ccccc1C#N. The Labute approximate surface area is 118 Å². The quantitative estimate of drug-likeness (QED) is 0.867. The zero-order valence-corrected chi connectivity index (χ0v) is 12.3. The van der Waals surface area contributed by atoms with Crippen molar-refractivity contribution in [3.05, 3.63) is 35.4 Å². The highest BCUT2D eigenvalue weighted by atomic mass is 32.2. The first-order valence-corrected chi connectivity index (χ1v) is 7.93. The first-order valence-electron chi connectivity index (χ1n) is 6.28. The number of benzene rings is 1. The van der Waals surface area contributed by atoms with Gasteiger partial charge in [0.25, 0.3) is 0 Å². The Bertz CT molecular complexity index is 639. The van der Waals surface area contributed by atoms with Crippen molar-refractivity contribution in [1.82, 2.24) is 0 Å². The fraction of sp³-hybridized carbons (Fsp3) is 0.429. The van der Waals surface area contributed by atoms with Crippen molar-refractivity contribution in [1.29, 1.82) is 5.26 Å². The Balaban J connectivity index is 3.31. The highest BCUT2D eigenvalue weighted by molar-refractivity contribution is 7.92. The summed E-state index contributed by atoms with van der Waals surface area (Å²) in [6.45, 7) is 3.09. The third-order valence-corrected chi connectivity index (χ3v) is 6.24. The third kappa shape index (κ3) is 2.68. The second-order valence-corrected chi connectivity index (χ2v) is 6.83. The molecule has 108 valence electrons. The molecule has 5 nitrogen and oxygen atoms in total. The first kappa shape index (κ1) is 16.2. The average molecular weight is 295 g/mol. The average Bonchev–Trinajstić information content (AvgIpc) is 2.40. The number of hydrogen-bond acceptors (Lipinski definition) is 4. The van der Waals surface area contributed by atoms with E-state index in [1.54, 1.807) is 26.0 Å². The van der Waals surface area contributed by atoms with E-state index in [-0.39, 0.29) is 18.4 Å². The molecule has 1 N–H and O–H groups in total. The van der Waals surface area contributed by atoms with Gasteiger partial charge in [0.15, 0.2) is 14.6 Å². The second kappa shape index (κ2) is 6.06. The van der Waals surface area contributed by atoms with Gasteiger partial charge in [-0.1, -0.05) is 32.0 Å². The summed E-state index contributed by atoms with van der Waals surface area (Å²) in [7, 11) is -3.92. The summed E-state index contributed by atoms with van der Waals surface area (Å²) < 4.78 is 23.2. The maximum absolute atomic E-state index is 12.5. The lowest BCUT2D eigenvalue weighted by Gasteiger charge is -2.26. The number of nitrogens with zero attached hydrogens (tertiary/aromatic N) is 1. The maximum atomic E-state index is 12.5. The largest absolute Gasteiger partial charge is 0.480 e. The summed E-state index contributed by atoms with van der Waals surface area (Å²) in [6.07, 6.45) is -0.00816. The molecular weight excluding hydrogens is 278 g/mol. The molecule has 0 aromatic heterocycles. The molecule has 0 aliphatic rings. The van der Waals surface area contributed by atoms with Crippen molar-refractivity contribution in [2.24, 2.45) is 0 Å². The first-order chi connectivity index (χ1) is 9.34. The molecule has 1 aromatic rings. The van der Waals surface area contributed by atoms with E-state index in [1.807, 2.05) is 6.07 Å². The minimum atomic E-state index is -3.92. The molecule has 0 spiro atoms. The highest BCUT2D eigenvalue weighted by Gasteiger charge is 2.47. The van der Waals surface area contributed by atoms with Crippen LogP contribution in [0.3, 0.4) is 0 Å². The zero-order chi connectivity index (χ0) is 15.4. The summed E-state index contributed by atoms with van der Waals surface area (Å²) >= 11 is 0. The van der Waals surface area contributed by atoms with Gasteiger partial charge in [0.2, 0.25) is 0 Å². The van der Waals surface area contributed by atoms with Crippen LogP contribution in [0.25, 0.3) is 0 Å². The number of sulfone groups is 1. The summed E-state index contributed by atoms with van der Waals surface area (Å²) in [5, 5.41) is 18.3. The number of carbonyl (C=O) groups is 1. The van der Waals surface area contributed by atoms with E-state index in [2.05, 4.69) is 0 Å². The van der Waals surface area contributed by atoms with Crippen molar-refractivity contribution in [2.75, 3.05) is 0 Å². The van der Waals surface area contributed by atoms with Crippen LogP contribution in [-0.4, -0.2) is 24.2 Å². The molecule has 0 aliphatic carbocycles. The Morgan fingerprint density at radius 1 is 1.30 bits per heavy atom. The summed E-state index contributed by atoms with van der Waals surface area (Å²) in [5.41, 5.74) is 0.588. The monoisotopic (exact) mass is 295 g/mol. The Kier molecular flexibility index (Phi) is 4.90. The Hall–Kier alpha value is -1.87. The van der Waals surface area contributed by atoms with Crippen molar-refractivity contribution in [3.63, 3.8) is 0 Å². The predicted molar refractivity (Wildman–Crippen MR) is 74.7 cm³/mol. The molecule has 0 amide bonds. The lowest BCUT2D eigenvalue weighted by Crippen LogP contribution is -2.46. The van der Waals surface area contributed by atoms with E-state index in [0.29, 0.717) is 5.56 Å². The van der Waals surface area contributed by atoms with E-state index < -0.39 is 26.3 Å². The molecule has 0 heterocycles.